The first-order chi connectivity index (χ1) is 24.6. The van der Waals surface area contributed by atoms with Crippen molar-refractivity contribution in [3.05, 3.63) is 24.3 Å². The second-order valence-electron chi connectivity index (χ2n) is 15.9. The number of nitrogens with zero attached hydrogens (tertiary/aromatic N) is 12. The van der Waals surface area contributed by atoms with Crippen LogP contribution in [0.5, 0.6) is 0 Å². The van der Waals surface area contributed by atoms with Crippen LogP contribution in [-0.4, -0.2) is 142 Å². The van der Waals surface area contributed by atoms with E-state index in [2.05, 4.69) is 68.6 Å². The summed E-state index contributed by atoms with van der Waals surface area (Å²) in [7, 11) is -10.2. The standard InChI is InChI=1S/C34H64N12P4/c1-2-39-31-32-46(33-34-17-3-4-18-34)47(39)35-48(40-19-5-6-20-40,41-21-7-8-22-41)37-50(44-27-13-14-28-44,45-29-15-16-30-45)38-49(36-47,42-23-9-10-24-42)43-25-11-12-26-43/h3-4,17-18,34H,2,5-16,19-33H2,1H3. The molecule has 0 amide bonds. The van der Waals surface area contributed by atoms with Crippen molar-refractivity contribution < 1.29 is 0 Å². The topological polar surface area (TPSA) is 75.4 Å². The highest BCUT2D eigenvalue weighted by molar-refractivity contribution is 7.83. The molecule has 0 bridgehead atoms. The van der Waals surface area contributed by atoms with Gasteiger partial charge >= 0.3 is 0 Å². The molecule has 1 spiro atoms. The molecule has 280 valence electrons. The van der Waals surface area contributed by atoms with E-state index in [1.54, 1.807) is 0 Å². The summed E-state index contributed by atoms with van der Waals surface area (Å²) in [5.74, 6) is 0.423. The minimum absolute atomic E-state index is 0.423. The Labute approximate surface area is 303 Å². The van der Waals surface area contributed by atoms with Gasteiger partial charge in [0.1, 0.15) is 0 Å². The first-order valence-corrected chi connectivity index (χ1v) is 26.9. The lowest BCUT2D eigenvalue weighted by atomic mass is 10.2. The summed E-state index contributed by atoms with van der Waals surface area (Å²) < 4.78 is 49.9. The summed E-state index contributed by atoms with van der Waals surface area (Å²) in [5.41, 5.74) is 0. The van der Waals surface area contributed by atoms with E-state index in [0.29, 0.717) is 5.92 Å². The Balaban J connectivity index is 1.42. The van der Waals surface area contributed by atoms with Crippen LogP contribution in [0.2, 0.25) is 0 Å². The zero-order valence-corrected chi connectivity index (χ0v) is 34.4. The van der Waals surface area contributed by atoms with Crippen LogP contribution in [0.25, 0.3) is 0 Å². The monoisotopic (exact) mass is 764 g/mol. The highest BCUT2D eigenvalue weighted by atomic mass is 31.3. The first kappa shape index (κ1) is 35.8. The van der Waals surface area contributed by atoms with Gasteiger partial charge in [-0.3, -0.25) is 0 Å². The van der Waals surface area contributed by atoms with E-state index in [9.17, 15) is 0 Å². The second-order valence-corrected chi connectivity index (χ2v) is 27.5. The van der Waals surface area contributed by atoms with Gasteiger partial charge in [-0.2, -0.15) is 18.1 Å². The summed E-state index contributed by atoms with van der Waals surface area (Å²) in [6, 6.07) is 0. The molecule has 16 heteroatoms. The summed E-state index contributed by atoms with van der Waals surface area (Å²) in [6.45, 7) is 20.0. The summed E-state index contributed by atoms with van der Waals surface area (Å²) in [5, 5.41) is 0. The van der Waals surface area contributed by atoms with Gasteiger partial charge < -0.3 is 0 Å². The molecule has 1 atom stereocenters. The maximum atomic E-state index is 6.77. The Morgan fingerprint density at radius 1 is 0.400 bits per heavy atom. The Morgan fingerprint density at radius 2 is 0.680 bits per heavy atom. The van der Waals surface area contributed by atoms with Gasteiger partial charge in [-0.05, 0) is 77.0 Å². The molecule has 8 heterocycles. The van der Waals surface area contributed by atoms with E-state index in [4.69, 9.17) is 18.1 Å². The van der Waals surface area contributed by atoms with E-state index in [1.807, 2.05) is 0 Å². The van der Waals surface area contributed by atoms with Crippen LogP contribution in [0.15, 0.2) is 42.4 Å². The van der Waals surface area contributed by atoms with Gasteiger partial charge in [0.15, 0.2) is 0 Å². The van der Waals surface area contributed by atoms with Crippen molar-refractivity contribution >= 4 is 30.0 Å². The molecule has 0 N–H and O–H groups in total. The van der Waals surface area contributed by atoms with Gasteiger partial charge in [0.2, 0.25) is 30.0 Å². The second kappa shape index (κ2) is 15.0. The maximum absolute atomic E-state index is 6.77. The lowest BCUT2D eigenvalue weighted by Crippen LogP contribution is -2.35. The van der Waals surface area contributed by atoms with E-state index < -0.39 is 30.0 Å². The fraction of sp³-hybridized carbons (Fsp3) is 0.882. The molecule has 7 saturated heterocycles. The van der Waals surface area contributed by atoms with Crippen molar-refractivity contribution in [1.82, 2.24) is 37.4 Å². The van der Waals surface area contributed by atoms with Gasteiger partial charge in [0.25, 0.3) is 0 Å². The maximum Gasteiger partial charge on any atom is 0.221 e. The van der Waals surface area contributed by atoms with Crippen LogP contribution < -0.4 is 0 Å². The minimum Gasteiger partial charge on any atom is -0.240 e. The molecule has 12 nitrogen and oxygen atoms in total. The van der Waals surface area contributed by atoms with Crippen molar-refractivity contribution in [2.75, 3.05) is 105 Å². The highest BCUT2D eigenvalue weighted by Crippen LogP contribution is 2.85. The third kappa shape index (κ3) is 6.11. The van der Waals surface area contributed by atoms with Crippen molar-refractivity contribution in [2.45, 2.75) is 84.0 Å². The Bertz CT molecular complexity index is 1420. The van der Waals surface area contributed by atoms with Gasteiger partial charge in [0, 0.05) is 111 Å². The molecule has 1 unspecified atom stereocenters. The van der Waals surface area contributed by atoms with Crippen molar-refractivity contribution in [3.8, 4) is 0 Å². The fourth-order valence-corrected chi connectivity index (χ4v) is 32.1. The average Bonchev–Trinajstić information content (AvgIpc) is 3.98. The van der Waals surface area contributed by atoms with Gasteiger partial charge in [-0.1, -0.05) is 31.2 Å². The van der Waals surface area contributed by atoms with E-state index >= 15 is 0 Å². The Morgan fingerprint density at radius 3 is 1.00 bits per heavy atom. The number of hydrogen-bond acceptors (Lipinski definition) is 12. The third-order valence-corrected chi connectivity index (χ3v) is 29.7. The third-order valence-electron chi connectivity index (χ3n) is 12.7. The zero-order valence-electron chi connectivity index (χ0n) is 30.8. The normalized spacial score (nSPS) is 34.9. The largest absolute Gasteiger partial charge is 0.240 e. The number of hydrogen-bond donors (Lipinski definition) is 0. The fourth-order valence-electron chi connectivity index (χ4n) is 10.0. The number of allylic oxidation sites excluding steroid dienone is 2. The quantitative estimate of drug-likeness (QED) is 0.216. The predicted octanol–water partition coefficient (Wildman–Crippen LogP) is 8.74. The Hall–Kier alpha value is 0.0800. The molecule has 0 saturated carbocycles. The van der Waals surface area contributed by atoms with Crippen LogP contribution >= 0.6 is 30.0 Å². The van der Waals surface area contributed by atoms with Crippen molar-refractivity contribution in [1.29, 1.82) is 0 Å². The molecule has 0 aromatic heterocycles. The van der Waals surface area contributed by atoms with Gasteiger partial charge in [-0.15, -0.1) is 0 Å². The molecule has 50 heavy (non-hydrogen) atoms. The Kier molecular flexibility index (Phi) is 10.7. The molecule has 0 aromatic carbocycles. The molecule has 8 aliphatic heterocycles. The van der Waals surface area contributed by atoms with Crippen LogP contribution in [-0.2, 0) is 0 Å². The molecule has 0 radical (unpaired) electrons. The highest BCUT2D eigenvalue weighted by Gasteiger charge is 2.55. The smallest absolute Gasteiger partial charge is 0.221 e. The van der Waals surface area contributed by atoms with E-state index in [0.717, 1.165) is 105 Å². The first-order valence-electron chi connectivity index (χ1n) is 20.5. The SMILES string of the molecule is CCN1CCN(CC2C=CC=C2)P12=NP(N1CCCC1)(N1CCCC1)=NP(N1CCCC1)(N1CCCC1)=NP(N1CCCC1)(N1CCCC1)=N2. The van der Waals surface area contributed by atoms with E-state index in [-0.39, 0.29) is 0 Å². The lowest BCUT2D eigenvalue weighted by molar-refractivity contribution is 0.442. The molecule has 9 aliphatic rings. The molecule has 9 rings (SSSR count). The van der Waals surface area contributed by atoms with Crippen LogP contribution in [0.1, 0.15) is 84.0 Å². The molecule has 7 fully saturated rings. The molecular formula is C34H64N12P4. The molecule has 0 aromatic rings. The van der Waals surface area contributed by atoms with E-state index in [1.165, 1.54) is 77.0 Å². The van der Waals surface area contributed by atoms with Crippen molar-refractivity contribution in [2.24, 2.45) is 24.0 Å². The van der Waals surface area contributed by atoms with Crippen LogP contribution in [0.3, 0.4) is 0 Å². The predicted molar refractivity (Wildman–Crippen MR) is 213 cm³/mol. The summed E-state index contributed by atoms with van der Waals surface area (Å²) in [4.78, 5) is 0. The zero-order chi connectivity index (χ0) is 33.7. The minimum atomic E-state index is -2.58. The summed E-state index contributed by atoms with van der Waals surface area (Å²) >= 11 is 0. The number of rotatable bonds is 9. The average molecular weight is 765 g/mol. The van der Waals surface area contributed by atoms with Gasteiger partial charge in [-0.25, -0.2) is 37.4 Å². The molecular weight excluding hydrogens is 700 g/mol. The van der Waals surface area contributed by atoms with Gasteiger partial charge in [0.05, 0.1) is 0 Å². The summed E-state index contributed by atoms with van der Waals surface area (Å²) in [6.07, 6.45) is 24.5. The molecule has 1 aliphatic carbocycles. The lowest BCUT2D eigenvalue weighted by Gasteiger charge is -2.49. The van der Waals surface area contributed by atoms with Crippen molar-refractivity contribution in [3.63, 3.8) is 0 Å². The van der Waals surface area contributed by atoms with Crippen LogP contribution in [0.4, 0.5) is 0 Å². The number of likely N-dealkylation sites (N-methyl/N-ethyl adjacent to an activating group) is 1. The van der Waals surface area contributed by atoms with Crippen LogP contribution in [0, 0.1) is 5.92 Å².